The van der Waals surface area contributed by atoms with E-state index < -0.39 is 0 Å². The fourth-order valence-electron chi connectivity index (χ4n) is 2.01. The zero-order chi connectivity index (χ0) is 14.1. The van der Waals surface area contributed by atoms with Gasteiger partial charge < -0.3 is 14.8 Å². The first-order valence-electron chi connectivity index (χ1n) is 7.23. The van der Waals surface area contributed by atoms with E-state index in [1.54, 1.807) is 0 Å². The number of rotatable bonds is 9. The third kappa shape index (κ3) is 5.62. The Morgan fingerprint density at radius 3 is 2.63 bits per heavy atom. The quantitative estimate of drug-likeness (QED) is 0.693. The molecule has 1 aromatic carbocycles. The van der Waals surface area contributed by atoms with Crippen molar-refractivity contribution in [1.29, 1.82) is 0 Å². The van der Waals surface area contributed by atoms with Crippen LogP contribution in [0.15, 0.2) is 18.2 Å². The van der Waals surface area contributed by atoms with Crippen LogP contribution in [0.2, 0.25) is 0 Å². The van der Waals surface area contributed by atoms with Crippen LogP contribution in [0.5, 0.6) is 5.75 Å². The van der Waals surface area contributed by atoms with Gasteiger partial charge in [-0.1, -0.05) is 31.5 Å². The maximum Gasteiger partial charge on any atom is 0.124 e. The summed E-state index contributed by atoms with van der Waals surface area (Å²) in [5.74, 6) is 0.958. The Labute approximate surface area is 117 Å². The van der Waals surface area contributed by atoms with E-state index in [2.05, 4.69) is 51.2 Å². The molecule has 0 aliphatic rings. The van der Waals surface area contributed by atoms with Gasteiger partial charge in [-0.3, -0.25) is 0 Å². The van der Waals surface area contributed by atoms with Gasteiger partial charge in [-0.05, 0) is 32.9 Å². The summed E-state index contributed by atoms with van der Waals surface area (Å²) < 4.78 is 11.3. The van der Waals surface area contributed by atoms with Crippen molar-refractivity contribution in [3.05, 3.63) is 29.3 Å². The minimum atomic E-state index is 0.302. The number of ether oxygens (including phenoxy) is 2. The summed E-state index contributed by atoms with van der Waals surface area (Å²) in [7, 11) is 0. The fourth-order valence-corrected chi connectivity index (χ4v) is 2.01. The van der Waals surface area contributed by atoms with Crippen molar-refractivity contribution in [2.75, 3.05) is 26.4 Å². The molecule has 108 valence electrons. The molecule has 3 heteroatoms. The summed E-state index contributed by atoms with van der Waals surface area (Å²) in [6.07, 6.45) is 1.05. The Bertz CT molecular complexity index is 366. The van der Waals surface area contributed by atoms with Gasteiger partial charge in [0, 0.05) is 18.2 Å². The van der Waals surface area contributed by atoms with Crippen LogP contribution < -0.4 is 10.1 Å². The number of hydrogen-bond donors (Lipinski definition) is 1. The number of benzene rings is 1. The Kier molecular flexibility index (Phi) is 7.53. The van der Waals surface area contributed by atoms with Crippen LogP contribution in [-0.4, -0.2) is 26.4 Å². The first-order valence-corrected chi connectivity index (χ1v) is 7.23. The van der Waals surface area contributed by atoms with E-state index in [4.69, 9.17) is 9.47 Å². The van der Waals surface area contributed by atoms with E-state index >= 15 is 0 Å². The first kappa shape index (κ1) is 16.0. The zero-order valence-electron chi connectivity index (χ0n) is 12.7. The van der Waals surface area contributed by atoms with Crippen LogP contribution in [0.4, 0.5) is 0 Å². The topological polar surface area (TPSA) is 30.5 Å². The van der Waals surface area contributed by atoms with Gasteiger partial charge in [0.1, 0.15) is 12.4 Å². The number of nitrogens with one attached hydrogen (secondary N) is 1. The van der Waals surface area contributed by atoms with Crippen molar-refractivity contribution in [2.24, 2.45) is 0 Å². The van der Waals surface area contributed by atoms with E-state index in [0.29, 0.717) is 19.3 Å². The molecule has 0 heterocycles. The average Bonchev–Trinajstić information content (AvgIpc) is 2.40. The highest BCUT2D eigenvalue weighted by atomic mass is 16.5. The monoisotopic (exact) mass is 265 g/mol. The minimum Gasteiger partial charge on any atom is -0.491 e. The lowest BCUT2D eigenvalue weighted by atomic mass is 10.0. The Balaban J connectivity index is 2.60. The number of aryl methyl sites for hydroxylation is 1. The molecule has 1 N–H and O–H groups in total. The van der Waals surface area contributed by atoms with Crippen LogP contribution in [-0.2, 0) is 4.74 Å². The van der Waals surface area contributed by atoms with Gasteiger partial charge in [-0.15, -0.1) is 0 Å². The van der Waals surface area contributed by atoms with Crippen molar-refractivity contribution in [3.8, 4) is 5.75 Å². The van der Waals surface area contributed by atoms with E-state index in [1.807, 2.05) is 0 Å². The lowest BCUT2D eigenvalue weighted by molar-refractivity contribution is 0.100. The van der Waals surface area contributed by atoms with Crippen molar-refractivity contribution in [2.45, 2.75) is 40.2 Å². The Hall–Kier alpha value is -1.06. The van der Waals surface area contributed by atoms with Crippen LogP contribution >= 0.6 is 0 Å². The molecule has 0 amide bonds. The zero-order valence-corrected chi connectivity index (χ0v) is 12.7. The third-order valence-corrected chi connectivity index (χ3v) is 2.98. The molecule has 0 spiro atoms. The van der Waals surface area contributed by atoms with Crippen LogP contribution in [0, 0.1) is 6.92 Å². The summed E-state index contributed by atoms with van der Waals surface area (Å²) in [4.78, 5) is 0. The predicted octanol–water partition coefficient (Wildman–Crippen LogP) is 3.47. The summed E-state index contributed by atoms with van der Waals surface area (Å²) in [6, 6.07) is 6.63. The predicted molar refractivity (Wildman–Crippen MR) is 79.9 cm³/mol. The van der Waals surface area contributed by atoms with Crippen molar-refractivity contribution in [1.82, 2.24) is 5.32 Å². The molecule has 0 radical (unpaired) electrons. The second-order valence-corrected chi connectivity index (χ2v) is 4.78. The van der Waals surface area contributed by atoms with Crippen molar-refractivity contribution >= 4 is 0 Å². The average molecular weight is 265 g/mol. The molecule has 1 aromatic rings. The van der Waals surface area contributed by atoms with Crippen LogP contribution in [0.3, 0.4) is 0 Å². The van der Waals surface area contributed by atoms with Gasteiger partial charge in [-0.2, -0.15) is 0 Å². The van der Waals surface area contributed by atoms with Crippen molar-refractivity contribution < 1.29 is 9.47 Å². The molecule has 0 aliphatic carbocycles. The highest BCUT2D eigenvalue weighted by molar-refractivity contribution is 5.38. The molecule has 0 aliphatic heterocycles. The van der Waals surface area contributed by atoms with E-state index in [0.717, 1.165) is 25.3 Å². The molecule has 1 atom stereocenters. The normalized spacial score (nSPS) is 12.4. The minimum absolute atomic E-state index is 0.302. The largest absolute Gasteiger partial charge is 0.491 e. The molecule has 3 nitrogen and oxygen atoms in total. The lowest BCUT2D eigenvalue weighted by Crippen LogP contribution is -2.19. The maximum absolute atomic E-state index is 5.84. The molecule has 19 heavy (non-hydrogen) atoms. The molecule has 0 fully saturated rings. The number of hydrogen-bond acceptors (Lipinski definition) is 3. The van der Waals surface area contributed by atoms with Crippen LogP contribution in [0.25, 0.3) is 0 Å². The highest BCUT2D eigenvalue weighted by Crippen LogP contribution is 2.26. The van der Waals surface area contributed by atoms with E-state index in [-0.39, 0.29) is 0 Å². The molecule has 1 unspecified atom stereocenters. The van der Waals surface area contributed by atoms with Gasteiger partial charge >= 0.3 is 0 Å². The van der Waals surface area contributed by atoms with Gasteiger partial charge in [0.2, 0.25) is 0 Å². The van der Waals surface area contributed by atoms with Gasteiger partial charge in [0.25, 0.3) is 0 Å². The smallest absolute Gasteiger partial charge is 0.124 e. The molecule has 0 saturated heterocycles. The Morgan fingerprint density at radius 1 is 1.16 bits per heavy atom. The first-order chi connectivity index (χ1) is 9.19. The third-order valence-electron chi connectivity index (χ3n) is 2.98. The fraction of sp³-hybridized carbons (Fsp3) is 0.625. The molecule has 0 bridgehead atoms. The second-order valence-electron chi connectivity index (χ2n) is 4.78. The second kappa shape index (κ2) is 8.94. The Morgan fingerprint density at radius 2 is 1.95 bits per heavy atom. The summed E-state index contributed by atoms with van der Waals surface area (Å²) >= 11 is 0. The van der Waals surface area contributed by atoms with Crippen molar-refractivity contribution in [3.63, 3.8) is 0 Å². The molecular weight excluding hydrogens is 238 g/mol. The standard InChI is InChI=1S/C16H27NO2/c1-5-9-18-10-11-19-16-8-7-13(3)12-15(16)14(4)17-6-2/h7-8,12,14,17H,5-6,9-11H2,1-4H3. The maximum atomic E-state index is 5.84. The SMILES string of the molecule is CCCOCCOc1ccc(C)cc1C(C)NCC. The molecule has 0 aromatic heterocycles. The van der Waals surface area contributed by atoms with Gasteiger partial charge in [-0.25, -0.2) is 0 Å². The molecular formula is C16H27NO2. The highest BCUT2D eigenvalue weighted by Gasteiger charge is 2.11. The molecule has 1 rings (SSSR count). The van der Waals surface area contributed by atoms with Crippen LogP contribution in [0.1, 0.15) is 44.4 Å². The lowest BCUT2D eigenvalue weighted by Gasteiger charge is -2.18. The van der Waals surface area contributed by atoms with E-state index in [1.165, 1.54) is 11.1 Å². The molecule has 0 saturated carbocycles. The summed E-state index contributed by atoms with van der Waals surface area (Å²) in [5.41, 5.74) is 2.48. The van der Waals surface area contributed by atoms with E-state index in [9.17, 15) is 0 Å². The van der Waals surface area contributed by atoms with Gasteiger partial charge in [0.15, 0.2) is 0 Å². The van der Waals surface area contributed by atoms with Gasteiger partial charge in [0.05, 0.1) is 6.61 Å². The summed E-state index contributed by atoms with van der Waals surface area (Å²) in [5, 5.41) is 3.43. The summed E-state index contributed by atoms with van der Waals surface area (Å²) in [6.45, 7) is 11.5.